The number of benzene rings is 1. The fourth-order valence-electron chi connectivity index (χ4n) is 2.69. The van der Waals surface area contributed by atoms with E-state index in [1.165, 1.54) is 11.6 Å². The summed E-state index contributed by atoms with van der Waals surface area (Å²) in [6.07, 6.45) is 0. The van der Waals surface area contributed by atoms with Gasteiger partial charge in [0.2, 0.25) is 0 Å². The van der Waals surface area contributed by atoms with Crippen LogP contribution in [0.5, 0.6) is 0 Å². The van der Waals surface area contributed by atoms with Gasteiger partial charge >= 0.3 is 0 Å². The van der Waals surface area contributed by atoms with Gasteiger partial charge in [0.05, 0.1) is 11.1 Å². The van der Waals surface area contributed by atoms with E-state index < -0.39 is 0 Å². The van der Waals surface area contributed by atoms with Crippen LogP contribution >= 0.6 is 35.3 Å². The van der Waals surface area contributed by atoms with Gasteiger partial charge in [-0.15, -0.1) is 12.4 Å². The highest BCUT2D eigenvalue weighted by atomic mass is 35.5. The maximum Gasteiger partial charge on any atom is 0.142 e. The molecule has 0 bridgehead atoms. The lowest BCUT2D eigenvalue weighted by atomic mass is 9.98. The fraction of sp³-hybridized carbons (Fsp3) is 0.333. The summed E-state index contributed by atoms with van der Waals surface area (Å²) in [5.41, 5.74) is 2.04. The number of rotatable bonds is 3. The zero-order chi connectivity index (χ0) is 13.9. The Balaban J connectivity index is 0.00000161. The third-order valence-corrected chi connectivity index (χ3v) is 4.75. The lowest BCUT2D eigenvalue weighted by molar-refractivity contribution is 0.198. The van der Waals surface area contributed by atoms with E-state index in [1.54, 1.807) is 17.4 Å². The summed E-state index contributed by atoms with van der Waals surface area (Å²) in [7, 11) is 0. The summed E-state index contributed by atoms with van der Waals surface area (Å²) < 4.78 is 13.8. The Bertz CT molecular complexity index is 571. The van der Waals surface area contributed by atoms with Crippen LogP contribution in [-0.2, 0) is 0 Å². The van der Waals surface area contributed by atoms with Crippen molar-refractivity contribution < 1.29 is 4.39 Å². The molecule has 2 nitrogen and oxygen atoms in total. The van der Waals surface area contributed by atoms with Crippen molar-refractivity contribution in [1.29, 1.82) is 0 Å². The fourth-order valence-corrected chi connectivity index (χ4v) is 3.60. The normalized spacial score (nSPS) is 17.2. The van der Waals surface area contributed by atoms with Crippen molar-refractivity contribution in [2.24, 2.45) is 0 Å². The average molecular weight is 347 g/mol. The van der Waals surface area contributed by atoms with E-state index in [1.807, 2.05) is 6.07 Å². The summed E-state index contributed by atoms with van der Waals surface area (Å²) in [4.78, 5) is 2.36. The molecule has 1 atom stereocenters. The molecule has 21 heavy (non-hydrogen) atoms. The number of nitrogens with one attached hydrogen (secondary N) is 1. The highest BCUT2D eigenvalue weighted by molar-refractivity contribution is 7.08. The zero-order valence-corrected chi connectivity index (χ0v) is 13.8. The lowest BCUT2D eigenvalue weighted by Gasteiger charge is -2.35. The number of nitrogens with zero attached hydrogens (tertiary/aromatic N) is 1. The Kier molecular flexibility index (Phi) is 6.02. The molecule has 2 aromatic rings. The standard InChI is InChI=1S/C15H16ClFN2S.ClH/c16-14-12(2-1-3-13(14)17)15(11-4-9-20-10-11)19-7-5-18-6-8-19;/h1-4,9-10,15,18H,5-8H2;1H/t15-;/m0./s1. The summed E-state index contributed by atoms with van der Waals surface area (Å²) in [5, 5.41) is 7.76. The van der Waals surface area contributed by atoms with Gasteiger partial charge in [0, 0.05) is 26.2 Å². The minimum absolute atomic E-state index is 0. The van der Waals surface area contributed by atoms with Crippen LogP contribution in [0.3, 0.4) is 0 Å². The molecular formula is C15H17Cl2FN2S. The minimum Gasteiger partial charge on any atom is -0.314 e. The van der Waals surface area contributed by atoms with E-state index in [9.17, 15) is 4.39 Å². The first kappa shape index (κ1) is 16.7. The maximum absolute atomic E-state index is 13.8. The van der Waals surface area contributed by atoms with Gasteiger partial charge in [0.25, 0.3) is 0 Å². The van der Waals surface area contributed by atoms with Gasteiger partial charge in [0.1, 0.15) is 5.82 Å². The Hall–Kier alpha value is -0.650. The molecule has 0 unspecified atom stereocenters. The predicted molar refractivity (Wildman–Crippen MR) is 89.3 cm³/mol. The Morgan fingerprint density at radius 3 is 2.67 bits per heavy atom. The molecule has 0 spiro atoms. The van der Waals surface area contributed by atoms with Crippen LogP contribution in [0.1, 0.15) is 17.2 Å². The molecule has 1 fully saturated rings. The number of hydrogen-bond acceptors (Lipinski definition) is 3. The molecule has 1 aromatic heterocycles. The van der Waals surface area contributed by atoms with Crippen molar-refractivity contribution in [2.45, 2.75) is 6.04 Å². The van der Waals surface area contributed by atoms with Gasteiger partial charge in [-0.1, -0.05) is 23.7 Å². The molecule has 6 heteroatoms. The lowest BCUT2D eigenvalue weighted by Crippen LogP contribution is -2.45. The maximum atomic E-state index is 13.8. The summed E-state index contributed by atoms with van der Waals surface area (Å²) in [6, 6.07) is 7.20. The largest absolute Gasteiger partial charge is 0.314 e. The first-order chi connectivity index (χ1) is 9.77. The van der Waals surface area contributed by atoms with Gasteiger partial charge in [-0.05, 0) is 34.0 Å². The van der Waals surface area contributed by atoms with Crippen LogP contribution in [-0.4, -0.2) is 31.1 Å². The third-order valence-electron chi connectivity index (χ3n) is 3.65. The number of thiophene rings is 1. The predicted octanol–water partition coefficient (Wildman–Crippen LogP) is 3.96. The minimum atomic E-state index is -0.348. The van der Waals surface area contributed by atoms with Crippen LogP contribution in [0, 0.1) is 5.82 Å². The second-order valence-electron chi connectivity index (χ2n) is 4.89. The molecule has 1 aromatic carbocycles. The van der Waals surface area contributed by atoms with Crippen LogP contribution in [0.2, 0.25) is 5.02 Å². The van der Waals surface area contributed by atoms with Gasteiger partial charge in [-0.2, -0.15) is 11.3 Å². The quantitative estimate of drug-likeness (QED) is 0.904. The van der Waals surface area contributed by atoms with E-state index in [0.29, 0.717) is 0 Å². The molecule has 1 saturated heterocycles. The summed E-state index contributed by atoms with van der Waals surface area (Å²) in [5.74, 6) is -0.348. The van der Waals surface area contributed by atoms with Gasteiger partial charge in [0.15, 0.2) is 0 Å². The van der Waals surface area contributed by atoms with Crippen molar-refractivity contribution in [3.8, 4) is 0 Å². The third kappa shape index (κ3) is 3.58. The molecule has 3 rings (SSSR count). The Labute approximate surface area is 139 Å². The molecule has 0 aliphatic carbocycles. The molecule has 1 N–H and O–H groups in total. The Morgan fingerprint density at radius 1 is 1.24 bits per heavy atom. The number of piperazine rings is 1. The zero-order valence-electron chi connectivity index (χ0n) is 11.4. The van der Waals surface area contributed by atoms with E-state index in [4.69, 9.17) is 11.6 Å². The topological polar surface area (TPSA) is 15.3 Å². The van der Waals surface area contributed by atoms with Crippen molar-refractivity contribution >= 4 is 35.3 Å². The smallest absolute Gasteiger partial charge is 0.142 e. The van der Waals surface area contributed by atoms with Crippen LogP contribution in [0.15, 0.2) is 35.0 Å². The average Bonchev–Trinajstić information content (AvgIpc) is 2.99. The van der Waals surface area contributed by atoms with Gasteiger partial charge in [-0.3, -0.25) is 4.90 Å². The molecule has 0 amide bonds. The van der Waals surface area contributed by atoms with E-state index in [-0.39, 0.29) is 29.3 Å². The van der Waals surface area contributed by atoms with Crippen molar-refractivity contribution in [2.75, 3.05) is 26.2 Å². The molecule has 1 aliphatic rings. The van der Waals surface area contributed by atoms with Crippen molar-refractivity contribution in [3.05, 3.63) is 57.0 Å². The second kappa shape index (κ2) is 7.56. The number of halogens is 3. The van der Waals surface area contributed by atoms with Crippen molar-refractivity contribution in [3.63, 3.8) is 0 Å². The van der Waals surface area contributed by atoms with E-state index >= 15 is 0 Å². The number of hydrogen-bond donors (Lipinski definition) is 1. The van der Waals surface area contributed by atoms with Gasteiger partial charge in [-0.25, -0.2) is 4.39 Å². The van der Waals surface area contributed by atoms with Crippen molar-refractivity contribution in [1.82, 2.24) is 10.2 Å². The van der Waals surface area contributed by atoms with Crippen LogP contribution < -0.4 is 5.32 Å². The molecule has 0 radical (unpaired) electrons. The summed E-state index contributed by atoms with van der Waals surface area (Å²) in [6.45, 7) is 3.78. The SMILES string of the molecule is Cl.Fc1cccc([C@H](c2ccsc2)N2CCNCC2)c1Cl. The Morgan fingerprint density at radius 2 is 2.00 bits per heavy atom. The van der Waals surface area contributed by atoms with Gasteiger partial charge < -0.3 is 5.32 Å². The first-order valence-corrected chi connectivity index (χ1v) is 8.00. The molecular weight excluding hydrogens is 330 g/mol. The highest BCUT2D eigenvalue weighted by Gasteiger charge is 2.26. The monoisotopic (exact) mass is 346 g/mol. The van der Waals surface area contributed by atoms with E-state index in [0.717, 1.165) is 31.7 Å². The second-order valence-corrected chi connectivity index (χ2v) is 6.05. The van der Waals surface area contributed by atoms with Crippen LogP contribution in [0.25, 0.3) is 0 Å². The van der Waals surface area contributed by atoms with Crippen LogP contribution in [0.4, 0.5) is 4.39 Å². The summed E-state index contributed by atoms with van der Waals surface area (Å²) >= 11 is 7.87. The molecule has 2 heterocycles. The molecule has 114 valence electrons. The highest BCUT2D eigenvalue weighted by Crippen LogP contribution is 2.35. The molecule has 0 saturated carbocycles. The molecule has 1 aliphatic heterocycles. The first-order valence-electron chi connectivity index (χ1n) is 6.68. The van der Waals surface area contributed by atoms with E-state index in [2.05, 4.69) is 27.0 Å².